The van der Waals surface area contributed by atoms with Crippen LogP contribution in [0.25, 0.3) is 22.2 Å². The number of hydrogen-bond acceptors (Lipinski definition) is 7. The molecule has 0 aliphatic heterocycles. The van der Waals surface area contributed by atoms with Crippen LogP contribution in [-0.2, 0) is 4.74 Å². The van der Waals surface area contributed by atoms with Crippen molar-refractivity contribution in [1.82, 2.24) is 19.9 Å². The maximum atomic E-state index is 14.1. The summed E-state index contributed by atoms with van der Waals surface area (Å²) in [6, 6.07) is 4.25. The summed E-state index contributed by atoms with van der Waals surface area (Å²) < 4.78 is 34.8. The quantitative estimate of drug-likeness (QED) is 0.298. The summed E-state index contributed by atoms with van der Waals surface area (Å²) in [4.78, 5) is 22.5. The Morgan fingerprint density at radius 1 is 1.14 bits per heavy atom. The largest absolute Gasteiger partial charge is 0.394 e. The molecular weight excluding hydrogens is 466 g/mol. The molecule has 0 amide bonds. The smallest absolute Gasteiger partial charge is 0.260 e. The maximum Gasteiger partial charge on any atom is 0.260 e. The molecule has 36 heavy (non-hydrogen) atoms. The average molecular weight is 501 g/mol. The first kappa shape index (κ1) is 26.0. The molecule has 10 heteroatoms. The first-order valence-electron chi connectivity index (χ1n) is 12.4. The molecule has 0 spiro atoms. The molecule has 2 heterocycles. The lowest BCUT2D eigenvalue weighted by atomic mass is 9.91. The van der Waals surface area contributed by atoms with Crippen molar-refractivity contribution in [3.8, 4) is 11.1 Å². The van der Waals surface area contributed by atoms with Gasteiger partial charge in [0.2, 0.25) is 5.95 Å². The normalized spacial score (nSPS) is 18.2. The van der Waals surface area contributed by atoms with Crippen molar-refractivity contribution in [3.05, 3.63) is 46.4 Å². The van der Waals surface area contributed by atoms with Crippen LogP contribution in [0.3, 0.4) is 0 Å². The van der Waals surface area contributed by atoms with Gasteiger partial charge in [0.25, 0.3) is 5.56 Å². The molecule has 4 N–H and O–H groups in total. The van der Waals surface area contributed by atoms with Crippen LogP contribution in [0.4, 0.5) is 20.4 Å². The summed E-state index contributed by atoms with van der Waals surface area (Å²) >= 11 is 0. The summed E-state index contributed by atoms with van der Waals surface area (Å²) in [6.07, 6.45) is 6.75. The number of pyridine rings is 1. The molecule has 194 valence electrons. The van der Waals surface area contributed by atoms with Crippen molar-refractivity contribution in [1.29, 1.82) is 0 Å². The summed E-state index contributed by atoms with van der Waals surface area (Å²) in [7, 11) is 1.72. The third kappa shape index (κ3) is 5.65. The minimum absolute atomic E-state index is 0.121. The van der Waals surface area contributed by atoms with E-state index in [4.69, 9.17) is 10.5 Å². The van der Waals surface area contributed by atoms with Gasteiger partial charge >= 0.3 is 0 Å². The fourth-order valence-electron chi connectivity index (χ4n) is 4.76. The highest BCUT2D eigenvalue weighted by molar-refractivity contribution is 5.82. The molecule has 0 saturated heterocycles. The molecule has 4 rings (SSSR count). The average Bonchev–Trinajstić information content (AvgIpc) is 2.85. The highest BCUT2D eigenvalue weighted by Gasteiger charge is 2.22. The van der Waals surface area contributed by atoms with Crippen LogP contribution >= 0.6 is 0 Å². The van der Waals surface area contributed by atoms with E-state index in [0.29, 0.717) is 23.0 Å². The predicted molar refractivity (Wildman–Crippen MR) is 138 cm³/mol. The van der Waals surface area contributed by atoms with E-state index >= 15 is 0 Å². The number of aromatic nitrogens is 3. The second-order valence-corrected chi connectivity index (χ2v) is 9.65. The zero-order valence-corrected chi connectivity index (χ0v) is 21.0. The van der Waals surface area contributed by atoms with E-state index in [0.717, 1.165) is 57.4 Å². The third-order valence-electron chi connectivity index (χ3n) is 6.70. The number of methoxy groups -OCH3 is 1. The SMILES string of the molecule is COCCCNC1CCC(Nc2ncc3cc(-c4cc(F)c(N)c(F)c4)c(=O)n(C(C)C)c3n2)CC1. The van der Waals surface area contributed by atoms with Crippen molar-refractivity contribution < 1.29 is 13.5 Å². The van der Waals surface area contributed by atoms with Crippen LogP contribution in [0, 0.1) is 11.6 Å². The van der Waals surface area contributed by atoms with Gasteiger partial charge in [-0.3, -0.25) is 9.36 Å². The lowest BCUT2D eigenvalue weighted by Gasteiger charge is -2.30. The number of benzene rings is 1. The molecule has 8 nitrogen and oxygen atoms in total. The van der Waals surface area contributed by atoms with Gasteiger partial charge in [-0.2, -0.15) is 4.98 Å². The Hall–Kier alpha value is -3.11. The third-order valence-corrected chi connectivity index (χ3v) is 6.70. The molecular formula is C26H34F2N6O2. The summed E-state index contributed by atoms with van der Waals surface area (Å²) in [5.74, 6) is -1.35. The predicted octanol–water partition coefficient (Wildman–Crippen LogP) is 4.25. The Labute approximate surface area is 209 Å². The number of nitrogens with zero attached hydrogens (tertiary/aromatic N) is 3. The van der Waals surface area contributed by atoms with Gasteiger partial charge in [-0.25, -0.2) is 13.8 Å². The molecule has 0 unspecified atom stereocenters. The number of halogens is 2. The highest BCUT2D eigenvalue weighted by Crippen LogP contribution is 2.27. The lowest BCUT2D eigenvalue weighted by molar-refractivity contribution is 0.192. The number of fused-ring (bicyclic) bond motifs is 1. The zero-order chi connectivity index (χ0) is 25.8. The second kappa shape index (κ2) is 11.3. The molecule has 1 aromatic carbocycles. The van der Waals surface area contributed by atoms with Gasteiger partial charge in [-0.05, 0) is 76.3 Å². The number of anilines is 2. The Balaban J connectivity index is 1.56. The molecule has 0 atom stereocenters. The van der Waals surface area contributed by atoms with Crippen LogP contribution in [0.15, 0.2) is 29.2 Å². The highest BCUT2D eigenvalue weighted by atomic mass is 19.1. The van der Waals surface area contributed by atoms with Crippen molar-refractivity contribution in [2.45, 2.75) is 64.1 Å². The fourth-order valence-corrected chi connectivity index (χ4v) is 4.76. The summed E-state index contributed by atoms with van der Waals surface area (Å²) in [5.41, 5.74) is 5.20. The standard InChI is InChI=1S/C26H34F2N6O2/c1-15(2)34-24-17(11-20(25(34)35)16-12-21(27)23(29)22(28)13-16)14-31-26(33-24)32-19-7-5-18(6-8-19)30-9-4-10-36-3/h11-15,18-19,30H,4-10,29H2,1-3H3,(H,31,32,33). The van der Waals surface area contributed by atoms with Crippen LogP contribution in [0.5, 0.6) is 0 Å². The molecule has 0 bridgehead atoms. The van der Waals surface area contributed by atoms with Gasteiger partial charge in [0, 0.05) is 49.0 Å². The minimum Gasteiger partial charge on any atom is -0.394 e. The molecule has 1 aliphatic rings. The Morgan fingerprint density at radius 3 is 2.44 bits per heavy atom. The maximum absolute atomic E-state index is 14.1. The Morgan fingerprint density at radius 2 is 1.81 bits per heavy atom. The van der Waals surface area contributed by atoms with Crippen molar-refractivity contribution >= 4 is 22.7 Å². The van der Waals surface area contributed by atoms with Gasteiger partial charge in [-0.1, -0.05) is 0 Å². The second-order valence-electron chi connectivity index (χ2n) is 9.65. The van der Waals surface area contributed by atoms with Gasteiger partial charge in [-0.15, -0.1) is 0 Å². The zero-order valence-electron chi connectivity index (χ0n) is 21.0. The number of ether oxygens (including phenoxy) is 1. The topological polar surface area (TPSA) is 107 Å². The number of nitrogen functional groups attached to an aromatic ring is 1. The van der Waals surface area contributed by atoms with Crippen LogP contribution in [0.2, 0.25) is 0 Å². The van der Waals surface area contributed by atoms with Gasteiger partial charge < -0.3 is 21.1 Å². The number of rotatable bonds is 9. The summed E-state index contributed by atoms with van der Waals surface area (Å²) in [5, 5.41) is 7.62. The van der Waals surface area contributed by atoms with Crippen LogP contribution in [-0.4, -0.2) is 46.9 Å². The molecule has 2 aromatic heterocycles. The Bertz CT molecular complexity index is 1250. The number of hydrogen-bond donors (Lipinski definition) is 3. The molecule has 1 aliphatic carbocycles. The van der Waals surface area contributed by atoms with E-state index in [9.17, 15) is 13.6 Å². The van der Waals surface area contributed by atoms with E-state index in [-0.39, 0.29) is 28.8 Å². The van der Waals surface area contributed by atoms with Gasteiger partial charge in [0.05, 0.1) is 0 Å². The van der Waals surface area contributed by atoms with E-state index < -0.39 is 17.3 Å². The molecule has 1 saturated carbocycles. The van der Waals surface area contributed by atoms with Crippen molar-refractivity contribution in [3.63, 3.8) is 0 Å². The van der Waals surface area contributed by atoms with Crippen molar-refractivity contribution in [2.75, 3.05) is 31.3 Å². The lowest BCUT2D eigenvalue weighted by Crippen LogP contribution is -2.37. The number of nitrogens with two attached hydrogens (primary N) is 1. The van der Waals surface area contributed by atoms with Crippen molar-refractivity contribution in [2.24, 2.45) is 0 Å². The monoisotopic (exact) mass is 500 g/mol. The molecule has 0 radical (unpaired) electrons. The molecule has 1 fully saturated rings. The minimum atomic E-state index is -0.906. The van der Waals surface area contributed by atoms with Gasteiger partial charge in [0.15, 0.2) is 0 Å². The van der Waals surface area contributed by atoms with Crippen LogP contribution < -0.4 is 21.9 Å². The fraction of sp³-hybridized carbons (Fsp3) is 0.500. The first-order chi connectivity index (χ1) is 17.3. The van der Waals surface area contributed by atoms with E-state index in [1.165, 1.54) is 4.57 Å². The summed E-state index contributed by atoms with van der Waals surface area (Å²) in [6.45, 7) is 5.45. The number of nitrogens with one attached hydrogen (secondary N) is 2. The Kier molecular flexibility index (Phi) is 8.15. The molecule has 3 aromatic rings. The van der Waals surface area contributed by atoms with Gasteiger partial charge in [0.1, 0.15) is 23.0 Å². The van der Waals surface area contributed by atoms with Crippen LogP contribution in [0.1, 0.15) is 52.0 Å². The van der Waals surface area contributed by atoms with E-state index in [2.05, 4.69) is 20.6 Å². The van der Waals surface area contributed by atoms with E-state index in [1.807, 2.05) is 13.8 Å². The first-order valence-corrected chi connectivity index (χ1v) is 12.4. The van der Waals surface area contributed by atoms with E-state index in [1.54, 1.807) is 19.4 Å².